The molecule has 1 N–H and O–H groups in total. The van der Waals surface area contributed by atoms with Gasteiger partial charge < -0.3 is 19.5 Å². The Balaban J connectivity index is 1.66. The van der Waals surface area contributed by atoms with E-state index in [4.69, 9.17) is 40.2 Å². The molecule has 2 aromatic heterocycles. The van der Waals surface area contributed by atoms with E-state index < -0.39 is 0 Å². The van der Waals surface area contributed by atoms with E-state index in [1.807, 2.05) is 67.7 Å². The van der Waals surface area contributed by atoms with E-state index >= 15 is 0 Å². The number of aromatic nitrogens is 2. The minimum absolute atomic E-state index is 0.136. The van der Waals surface area contributed by atoms with Crippen LogP contribution in [0.2, 0.25) is 10.0 Å². The maximum atomic E-state index is 6.64. The van der Waals surface area contributed by atoms with Gasteiger partial charge in [0.15, 0.2) is 5.11 Å². The third-order valence-electron chi connectivity index (χ3n) is 6.49. The molecule has 0 saturated carbocycles. The molecule has 36 heavy (non-hydrogen) atoms. The van der Waals surface area contributed by atoms with Gasteiger partial charge in [-0.1, -0.05) is 35.3 Å². The topological polar surface area (TPSA) is 42.3 Å². The lowest BCUT2D eigenvalue weighted by atomic mass is 9.96. The smallest absolute Gasteiger partial charge is 0.174 e. The summed E-state index contributed by atoms with van der Waals surface area (Å²) in [6.07, 6.45) is 1.81. The van der Waals surface area contributed by atoms with Crippen molar-refractivity contribution >= 4 is 46.2 Å². The fourth-order valence-electron chi connectivity index (χ4n) is 4.94. The molecule has 0 unspecified atom stereocenters. The summed E-state index contributed by atoms with van der Waals surface area (Å²) in [5.74, 6) is 0.825. The van der Waals surface area contributed by atoms with E-state index in [0.29, 0.717) is 21.8 Å². The zero-order valence-corrected chi connectivity index (χ0v) is 22.5. The summed E-state index contributed by atoms with van der Waals surface area (Å²) < 4.78 is 7.81. The van der Waals surface area contributed by atoms with Crippen molar-refractivity contribution in [3.05, 3.63) is 106 Å². The number of rotatable bonds is 6. The lowest BCUT2D eigenvalue weighted by molar-refractivity contribution is 0.340. The first kappa shape index (κ1) is 24.6. The van der Waals surface area contributed by atoms with E-state index in [0.717, 1.165) is 39.8 Å². The molecular weight excluding hydrogens is 511 g/mol. The van der Waals surface area contributed by atoms with Gasteiger partial charge in [-0.05, 0) is 93.1 Å². The van der Waals surface area contributed by atoms with Gasteiger partial charge in [0.25, 0.3) is 0 Å². The molecule has 2 aromatic carbocycles. The van der Waals surface area contributed by atoms with Crippen molar-refractivity contribution < 1.29 is 4.74 Å². The second-order valence-electron chi connectivity index (χ2n) is 8.66. The van der Waals surface area contributed by atoms with Crippen LogP contribution in [0.3, 0.4) is 0 Å². The Morgan fingerprint density at radius 2 is 1.81 bits per heavy atom. The fraction of sp³-hybridized carbons (Fsp3) is 0.214. The van der Waals surface area contributed by atoms with Crippen molar-refractivity contribution in [2.75, 3.05) is 11.5 Å². The van der Waals surface area contributed by atoms with Gasteiger partial charge in [-0.2, -0.15) is 0 Å². The van der Waals surface area contributed by atoms with E-state index in [1.54, 1.807) is 6.07 Å². The highest BCUT2D eigenvalue weighted by molar-refractivity contribution is 7.80. The lowest BCUT2D eigenvalue weighted by Gasteiger charge is -2.28. The molecule has 3 heterocycles. The molecule has 1 fully saturated rings. The maximum absolute atomic E-state index is 6.64. The zero-order chi connectivity index (χ0) is 25.4. The number of ether oxygens (including phenoxy) is 1. The molecule has 0 radical (unpaired) electrons. The largest absolute Gasteiger partial charge is 0.494 e. The summed E-state index contributed by atoms with van der Waals surface area (Å²) in [5, 5.41) is 5.22. The summed E-state index contributed by atoms with van der Waals surface area (Å²) in [4.78, 5) is 6.83. The maximum Gasteiger partial charge on any atom is 0.174 e. The van der Waals surface area contributed by atoms with Crippen LogP contribution in [0.25, 0.3) is 5.69 Å². The summed E-state index contributed by atoms with van der Waals surface area (Å²) >= 11 is 18.9. The number of hydrogen-bond acceptors (Lipinski definition) is 3. The Hall–Kier alpha value is -3.06. The Morgan fingerprint density at radius 1 is 1.03 bits per heavy atom. The number of anilines is 1. The average Bonchev–Trinajstić information content (AvgIpc) is 3.37. The SMILES string of the molecule is CCOc1ccc(N2C(=S)N[C@@H](c3ccccn3)[C@@H]2c2cc(C)n(-c3cccc(Cl)c3Cl)c2C)cc1. The van der Waals surface area contributed by atoms with Crippen molar-refractivity contribution in [2.24, 2.45) is 0 Å². The molecule has 0 aliphatic carbocycles. The van der Waals surface area contributed by atoms with E-state index in [-0.39, 0.29) is 12.1 Å². The van der Waals surface area contributed by atoms with Gasteiger partial charge in [0.05, 0.1) is 40.1 Å². The van der Waals surface area contributed by atoms with Crippen molar-refractivity contribution in [2.45, 2.75) is 32.9 Å². The van der Waals surface area contributed by atoms with Gasteiger partial charge >= 0.3 is 0 Å². The van der Waals surface area contributed by atoms with Crippen LogP contribution in [0.1, 0.15) is 41.7 Å². The van der Waals surface area contributed by atoms with Crippen LogP contribution >= 0.6 is 35.4 Å². The highest BCUT2D eigenvalue weighted by atomic mass is 35.5. The van der Waals surface area contributed by atoms with Gasteiger partial charge in [0.1, 0.15) is 5.75 Å². The fourth-order valence-corrected chi connectivity index (χ4v) is 5.67. The first-order valence-corrected chi connectivity index (χ1v) is 12.9. The molecule has 2 atom stereocenters. The molecule has 8 heteroatoms. The molecule has 1 aliphatic heterocycles. The highest BCUT2D eigenvalue weighted by Gasteiger charge is 2.42. The van der Waals surface area contributed by atoms with Crippen LogP contribution in [0.15, 0.2) is 72.9 Å². The van der Waals surface area contributed by atoms with Gasteiger partial charge in [0.2, 0.25) is 0 Å². The number of halogens is 2. The van der Waals surface area contributed by atoms with Crippen LogP contribution in [0, 0.1) is 13.8 Å². The molecule has 5 nitrogen and oxygen atoms in total. The van der Waals surface area contributed by atoms with Gasteiger partial charge in [-0.15, -0.1) is 0 Å². The number of nitrogens with one attached hydrogen (secondary N) is 1. The van der Waals surface area contributed by atoms with Crippen LogP contribution in [-0.2, 0) is 0 Å². The summed E-state index contributed by atoms with van der Waals surface area (Å²) in [6.45, 7) is 6.77. The predicted molar refractivity (Wildman–Crippen MR) is 151 cm³/mol. The number of aryl methyl sites for hydroxylation is 1. The Kier molecular flexibility index (Phi) is 6.93. The monoisotopic (exact) mass is 536 g/mol. The van der Waals surface area contributed by atoms with E-state index in [9.17, 15) is 0 Å². The molecule has 1 saturated heterocycles. The Bertz CT molecular complexity index is 1410. The third kappa shape index (κ3) is 4.34. The second kappa shape index (κ2) is 10.1. The molecule has 0 bridgehead atoms. The number of benzene rings is 2. The summed E-state index contributed by atoms with van der Waals surface area (Å²) in [6, 6.07) is 21.6. The molecule has 1 aliphatic rings. The van der Waals surface area contributed by atoms with Crippen LogP contribution in [-0.4, -0.2) is 21.3 Å². The van der Waals surface area contributed by atoms with E-state index in [2.05, 4.69) is 39.7 Å². The quantitative estimate of drug-likeness (QED) is 0.260. The molecular formula is C28H26Cl2N4OS. The normalized spacial score (nSPS) is 17.4. The van der Waals surface area contributed by atoms with Gasteiger partial charge in [-0.25, -0.2) is 0 Å². The minimum Gasteiger partial charge on any atom is -0.494 e. The third-order valence-corrected chi connectivity index (χ3v) is 7.61. The van der Waals surface area contributed by atoms with Crippen LogP contribution in [0.5, 0.6) is 5.75 Å². The second-order valence-corrected chi connectivity index (χ2v) is 9.83. The van der Waals surface area contributed by atoms with Crippen LogP contribution in [0.4, 0.5) is 5.69 Å². The Morgan fingerprint density at radius 3 is 2.50 bits per heavy atom. The molecule has 0 spiro atoms. The van der Waals surface area contributed by atoms with Crippen molar-refractivity contribution in [3.63, 3.8) is 0 Å². The van der Waals surface area contributed by atoms with Crippen molar-refractivity contribution in [3.8, 4) is 11.4 Å². The molecule has 0 amide bonds. The standard InChI is InChI=1S/C28H26Cl2N4OS/c1-4-35-20-13-11-19(12-14-20)34-27(26(32-28(34)36)23-9-5-6-15-31-23)21-16-17(2)33(18(21)3)24-10-7-8-22(29)25(24)30/h5-16,26-27H,4H2,1-3H3,(H,32,36)/t26-,27-/m0/s1. The van der Waals surface area contributed by atoms with Gasteiger partial charge in [0, 0.05) is 23.3 Å². The molecule has 184 valence electrons. The minimum atomic E-state index is -0.144. The molecule has 4 aromatic rings. The highest BCUT2D eigenvalue weighted by Crippen LogP contribution is 2.44. The van der Waals surface area contributed by atoms with Gasteiger partial charge in [-0.3, -0.25) is 4.98 Å². The number of thiocarbonyl (C=S) groups is 1. The number of hydrogen-bond donors (Lipinski definition) is 1. The van der Waals surface area contributed by atoms with Crippen molar-refractivity contribution in [1.29, 1.82) is 0 Å². The van der Waals surface area contributed by atoms with E-state index in [1.165, 1.54) is 0 Å². The number of nitrogens with zero attached hydrogens (tertiary/aromatic N) is 3. The summed E-state index contributed by atoms with van der Waals surface area (Å²) in [5.41, 5.74) is 5.98. The Labute approximate surface area is 226 Å². The first-order chi connectivity index (χ1) is 17.4. The average molecular weight is 538 g/mol. The molecule has 5 rings (SSSR count). The zero-order valence-electron chi connectivity index (χ0n) is 20.2. The summed E-state index contributed by atoms with van der Waals surface area (Å²) in [7, 11) is 0. The lowest BCUT2D eigenvalue weighted by Crippen LogP contribution is -2.29. The number of pyridine rings is 1. The van der Waals surface area contributed by atoms with Crippen LogP contribution < -0.4 is 15.0 Å². The first-order valence-electron chi connectivity index (χ1n) is 11.8. The van der Waals surface area contributed by atoms with Crippen molar-refractivity contribution in [1.82, 2.24) is 14.9 Å². The predicted octanol–water partition coefficient (Wildman–Crippen LogP) is 7.37.